The Bertz CT molecular complexity index is 33.8. The second-order valence-corrected chi connectivity index (χ2v) is 0.238. The van der Waals surface area contributed by atoms with E-state index in [1.54, 1.807) is 0 Å². The Labute approximate surface area is 57.5 Å². The fourth-order valence-electron chi connectivity index (χ4n) is 0. The Morgan fingerprint density at radius 2 is 1.67 bits per heavy atom. The van der Waals surface area contributed by atoms with Crippen LogP contribution in [0.4, 0.5) is 0 Å². The molecule has 0 atom stereocenters. The van der Waals surface area contributed by atoms with Crippen LogP contribution in [0.3, 0.4) is 0 Å². The van der Waals surface area contributed by atoms with Gasteiger partial charge in [-0.2, -0.15) is 0 Å². The minimum absolute atomic E-state index is 0. The summed E-state index contributed by atoms with van der Waals surface area (Å²) < 4.78 is 0. The molecular weight excluding hydrogens is 219 g/mol. The maximum absolute atomic E-state index is 8.36. The van der Waals surface area contributed by atoms with Gasteiger partial charge in [0.2, 0.25) is 0 Å². The van der Waals surface area contributed by atoms with Crippen molar-refractivity contribution in [2.24, 2.45) is 0 Å². The third kappa shape index (κ3) is 496. The number of nitrogens with zero attached hydrogens (tertiary/aromatic N) is 1. The number of hydrogen-bond donors (Lipinski definition) is 1. The summed E-state index contributed by atoms with van der Waals surface area (Å²) >= 11 is 0. The minimum atomic E-state index is -1.50. The summed E-state index contributed by atoms with van der Waals surface area (Å²) in [6, 6.07) is 0. The van der Waals surface area contributed by atoms with Crippen LogP contribution < -0.4 is 0 Å². The van der Waals surface area contributed by atoms with Crippen LogP contribution in [0.5, 0.6) is 0 Å². The molecule has 0 unspecified atom stereocenters. The first kappa shape index (κ1) is 16.2. The van der Waals surface area contributed by atoms with Gasteiger partial charge in [-0.05, 0) is 0 Å². The van der Waals surface area contributed by atoms with Gasteiger partial charge in [0, 0.05) is 0 Å². The summed E-state index contributed by atoms with van der Waals surface area (Å²) in [6.07, 6.45) is 0. The third-order valence-electron chi connectivity index (χ3n) is 0. The van der Waals surface area contributed by atoms with Gasteiger partial charge in [0.05, 0.1) is 0 Å². The maximum atomic E-state index is 8.36. The van der Waals surface area contributed by atoms with Crippen molar-refractivity contribution in [2.45, 2.75) is 0 Å². The van der Waals surface area contributed by atoms with Crippen molar-refractivity contribution in [1.29, 1.82) is 0 Å². The van der Waals surface area contributed by atoms with Gasteiger partial charge in [0.25, 0.3) is 5.09 Å². The first-order valence-electron chi connectivity index (χ1n) is 0.565. The molecule has 0 fully saturated rings. The van der Waals surface area contributed by atoms with E-state index in [4.69, 9.17) is 15.3 Å². The van der Waals surface area contributed by atoms with E-state index in [1.165, 1.54) is 0 Å². The molecule has 0 spiro atoms. The molecule has 0 aliphatic carbocycles. The van der Waals surface area contributed by atoms with Crippen molar-refractivity contribution in [3.63, 3.8) is 0 Å². The zero-order valence-electron chi connectivity index (χ0n) is 2.83. The number of rotatable bonds is 0. The molecule has 0 rings (SSSR count). The van der Waals surface area contributed by atoms with Crippen molar-refractivity contribution < 1.29 is 10.3 Å². The molecule has 0 radical (unpaired) electrons. The normalized spacial score (nSPS) is 4.00. The molecule has 40 valence electrons. The van der Waals surface area contributed by atoms with Gasteiger partial charge in [-0.25, -0.2) is 0 Å². The average Bonchev–Trinajstić information content (AvgIpc) is 0.811. The van der Waals surface area contributed by atoms with E-state index >= 15 is 0 Å². The molecule has 0 aromatic rings. The quantitative estimate of drug-likeness (QED) is 0.322. The van der Waals surface area contributed by atoms with Crippen molar-refractivity contribution >= 4 is 36.8 Å². The summed E-state index contributed by atoms with van der Waals surface area (Å²) in [4.78, 5) is 8.36. The SMILES string of the molecule is Cl.O=[N+]([O-])O.[SbH3]. The van der Waals surface area contributed by atoms with Crippen LogP contribution in [0.25, 0.3) is 0 Å². The fourth-order valence-corrected chi connectivity index (χ4v) is 0. The Balaban J connectivity index is -0.0000000450. The van der Waals surface area contributed by atoms with Crippen LogP contribution in [0.15, 0.2) is 0 Å². The Morgan fingerprint density at radius 1 is 1.67 bits per heavy atom. The molecule has 0 aromatic carbocycles. The Morgan fingerprint density at radius 3 is 1.67 bits per heavy atom. The molecular formula is H5ClNO3Sb. The number of hydrogen-bond acceptors (Lipinski definition) is 2. The second kappa shape index (κ2) is 9.00. The number of halogens is 1. The van der Waals surface area contributed by atoms with Crippen molar-refractivity contribution in [3.05, 3.63) is 10.1 Å². The van der Waals surface area contributed by atoms with Gasteiger partial charge >= 0.3 is 24.4 Å². The molecule has 4 nitrogen and oxygen atoms in total. The predicted molar refractivity (Wildman–Crippen MR) is 26.0 cm³/mol. The van der Waals surface area contributed by atoms with Crippen molar-refractivity contribution in [2.75, 3.05) is 0 Å². The summed E-state index contributed by atoms with van der Waals surface area (Å²) in [5.74, 6) is 0. The summed E-state index contributed by atoms with van der Waals surface area (Å²) in [6.45, 7) is 0. The van der Waals surface area contributed by atoms with Gasteiger partial charge in [-0.15, -0.1) is 22.5 Å². The molecule has 0 bridgehead atoms. The van der Waals surface area contributed by atoms with Crippen molar-refractivity contribution in [3.8, 4) is 0 Å². The standard InChI is InChI=1S/ClH.HNO3.Sb.3H/c;2-1(3)4;;;;/h1H;(H,2,3,4);;;;. The van der Waals surface area contributed by atoms with Gasteiger partial charge in [-0.3, -0.25) is 0 Å². The Hall–Kier alpha value is 0.308. The van der Waals surface area contributed by atoms with E-state index in [0.29, 0.717) is 0 Å². The van der Waals surface area contributed by atoms with Gasteiger partial charge in [0.1, 0.15) is 0 Å². The zero-order valence-corrected chi connectivity index (χ0v) is 7.68. The molecule has 0 aliphatic rings. The molecule has 6 heteroatoms. The molecule has 0 aliphatic heterocycles. The second-order valence-electron chi connectivity index (χ2n) is 0.238. The van der Waals surface area contributed by atoms with E-state index in [2.05, 4.69) is 0 Å². The zero-order chi connectivity index (χ0) is 3.58. The van der Waals surface area contributed by atoms with Crippen molar-refractivity contribution in [1.82, 2.24) is 0 Å². The molecule has 1 N–H and O–H groups in total. The average molecular weight is 224 g/mol. The van der Waals surface area contributed by atoms with E-state index in [9.17, 15) is 0 Å². The first-order valence-corrected chi connectivity index (χ1v) is 0.565. The van der Waals surface area contributed by atoms with E-state index in [-0.39, 0.29) is 36.8 Å². The van der Waals surface area contributed by atoms with E-state index in [1.807, 2.05) is 0 Å². The summed E-state index contributed by atoms with van der Waals surface area (Å²) in [5, 5.41) is 13.6. The molecule has 0 amide bonds. The van der Waals surface area contributed by atoms with Gasteiger partial charge in [-0.1, -0.05) is 0 Å². The van der Waals surface area contributed by atoms with Crippen LogP contribution >= 0.6 is 12.4 Å². The molecule has 0 saturated carbocycles. The summed E-state index contributed by atoms with van der Waals surface area (Å²) in [7, 11) is 0. The Kier molecular flexibility index (Phi) is 24.4. The fraction of sp³-hybridized carbons (Fsp3) is 0. The molecule has 0 heterocycles. The van der Waals surface area contributed by atoms with Gasteiger partial charge in [0.15, 0.2) is 0 Å². The predicted octanol–water partition coefficient (Wildman–Crippen LogP) is -1.11. The van der Waals surface area contributed by atoms with Crippen LogP contribution in [-0.2, 0) is 0 Å². The topological polar surface area (TPSA) is 63.4 Å². The first-order chi connectivity index (χ1) is 1.73. The van der Waals surface area contributed by atoms with Crippen LogP contribution in [0.2, 0.25) is 0 Å². The van der Waals surface area contributed by atoms with Crippen LogP contribution in [0, 0.1) is 10.1 Å². The molecule has 6 heavy (non-hydrogen) atoms. The summed E-state index contributed by atoms with van der Waals surface area (Å²) in [5.41, 5.74) is 0. The molecule has 0 saturated heterocycles. The van der Waals surface area contributed by atoms with Crippen LogP contribution in [0.1, 0.15) is 0 Å². The molecule has 0 aromatic heterocycles. The van der Waals surface area contributed by atoms with E-state index < -0.39 is 5.09 Å². The van der Waals surface area contributed by atoms with E-state index in [0.717, 1.165) is 0 Å². The van der Waals surface area contributed by atoms with Crippen LogP contribution in [-0.4, -0.2) is 34.7 Å². The third-order valence-corrected chi connectivity index (χ3v) is 0. The van der Waals surface area contributed by atoms with Gasteiger partial charge < -0.3 is 5.21 Å². The monoisotopic (exact) mass is 223 g/mol.